The number of allylic oxidation sites excluding steroid dienone is 2. The van der Waals surface area contributed by atoms with Gasteiger partial charge in [0.1, 0.15) is 5.71 Å². The molecule has 0 bridgehead atoms. The molecule has 1 rings (SSSR count). The first-order chi connectivity index (χ1) is 7.29. The zero-order chi connectivity index (χ0) is 12.5. The van der Waals surface area contributed by atoms with E-state index in [0.717, 1.165) is 5.70 Å². The quantitative estimate of drug-likeness (QED) is 0.675. The standard InChI is InChI=1S/C13H21NO2/c1-7-16-12(15)11-8(2)10(9(3)14-11)13(4,5)6/h8H,7H2,1-6H3/t8-/m0/s1. The van der Waals surface area contributed by atoms with E-state index < -0.39 is 0 Å². The molecule has 16 heavy (non-hydrogen) atoms. The summed E-state index contributed by atoms with van der Waals surface area (Å²) in [7, 11) is 0. The molecule has 3 nitrogen and oxygen atoms in total. The average Bonchev–Trinajstić information content (AvgIpc) is 2.41. The van der Waals surface area contributed by atoms with Crippen molar-refractivity contribution >= 4 is 11.7 Å². The van der Waals surface area contributed by atoms with E-state index in [4.69, 9.17) is 4.74 Å². The molecule has 0 aromatic rings. The van der Waals surface area contributed by atoms with Crippen LogP contribution in [0.5, 0.6) is 0 Å². The van der Waals surface area contributed by atoms with E-state index in [9.17, 15) is 4.79 Å². The molecule has 1 aliphatic heterocycles. The summed E-state index contributed by atoms with van der Waals surface area (Å²) in [5.74, 6) is -0.215. The van der Waals surface area contributed by atoms with Crippen molar-refractivity contribution in [2.45, 2.75) is 41.5 Å². The second-order valence-electron chi connectivity index (χ2n) is 5.19. The molecule has 1 heterocycles. The molecule has 0 radical (unpaired) electrons. The van der Waals surface area contributed by atoms with Gasteiger partial charge in [-0.1, -0.05) is 27.7 Å². The molecular weight excluding hydrogens is 202 g/mol. The Morgan fingerprint density at radius 2 is 2.00 bits per heavy atom. The summed E-state index contributed by atoms with van der Waals surface area (Å²) in [4.78, 5) is 16.1. The maximum absolute atomic E-state index is 11.7. The predicted molar refractivity (Wildman–Crippen MR) is 65.4 cm³/mol. The van der Waals surface area contributed by atoms with Gasteiger partial charge in [-0.3, -0.25) is 0 Å². The normalized spacial score (nSPS) is 21.1. The van der Waals surface area contributed by atoms with Gasteiger partial charge >= 0.3 is 5.97 Å². The molecule has 0 fully saturated rings. The highest BCUT2D eigenvalue weighted by Gasteiger charge is 2.35. The molecular formula is C13H21NO2. The van der Waals surface area contributed by atoms with Crippen molar-refractivity contribution in [3.05, 3.63) is 11.3 Å². The lowest BCUT2D eigenvalue weighted by molar-refractivity contribution is -0.135. The molecule has 1 atom stereocenters. The molecule has 3 heteroatoms. The van der Waals surface area contributed by atoms with Crippen molar-refractivity contribution in [3.8, 4) is 0 Å². The van der Waals surface area contributed by atoms with Crippen LogP contribution in [0.3, 0.4) is 0 Å². The van der Waals surface area contributed by atoms with Crippen LogP contribution in [0.15, 0.2) is 16.3 Å². The fourth-order valence-electron chi connectivity index (χ4n) is 2.41. The van der Waals surface area contributed by atoms with Gasteiger partial charge in [-0.05, 0) is 24.8 Å². The topological polar surface area (TPSA) is 38.7 Å². The number of nitrogens with zero attached hydrogens (tertiary/aromatic N) is 1. The Morgan fingerprint density at radius 1 is 1.44 bits per heavy atom. The van der Waals surface area contributed by atoms with Crippen LogP contribution < -0.4 is 0 Å². The molecule has 0 aromatic heterocycles. The fraction of sp³-hybridized carbons (Fsp3) is 0.692. The second-order valence-corrected chi connectivity index (χ2v) is 5.19. The van der Waals surface area contributed by atoms with Crippen LogP contribution in [0, 0.1) is 11.3 Å². The highest BCUT2D eigenvalue weighted by atomic mass is 16.5. The lowest BCUT2D eigenvalue weighted by Crippen LogP contribution is -2.26. The number of ether oxygens (including phenoxy) is 1. The lowest BCUT2D eigenvalue weighted by atomic mass is 9.78. The third kappa shape index (κ3) is 2.34. The van der Waals surface area contributed by atoms with E-state index in [0.29, 0.717) is 12.3 Å². The first-order valence-electron chi connectivity index (χ1n) is 5.76. The molecule has 90 valence electrons. The van der Waals surface area contributed by atoms with Crippen LogP contribution in [0.1, 0.15) is 41.5 Å². The number of carbonyl (C=O) groups is 1. The Bertz CT molecular complexity index is 359. The average molecular weight is 223 g/mol. The Labute approximate surface area is 97.6 Å². The predicted octanol–water partition coefficient (Wildman–Crippen LogP) is 2.96. The number of aliphatic imine (C=N–C) groups is 1. The summed E-state index contributed by atoms with van der Waals surface area (Å²) in [5.41, 5.74) is 2.78. The van der Waals surface area contributed by atoms with Gasteiger partial charge in [0.05, 0.1) is 6.61 Å². The maximum atomic E-state index is 11.7. The number of rotatable bonds is 2. The summed E-state index contributed by atoms with van der Waals surface area (Å²) >= 11 is 0. The minimum atomic E-state index is -0.284. The number of esters is 1. The van der Waals surface area contributed by atoms with E-state index in [2.05, 4.69) is 25.8 Å². The van der Waals surface area contributed by atoms with Crippen molar-refractivity contribution in [2.24, 2.45) is 16.3 Å². The van der Waals surface area contributed by atoms with Gasteiger partial charge in [-0.2, -0.15) is 0 Å². The number of hydrogen-bond acceptors (Lipinski definition) is 3. The van der Waals surface area contributed by atoms with Gasteiger partial charge < -0.3 is 4.74 Å². The van der Waals surface area contributed by atoms with Crippen LogP contribution in [0.2, 0.25) is 0 Å². The summed E-state index contributed by atoms with van der Waals surface area (Å²) in [6.07, 6.45) is 0. The Morgan fingerprint density at radius 3 is 2.38 bits per heavy atom. The third-order valence-corrected chi connectivity index (χ3v) is 2.81. The molecule has 0 aromatic carbocycles. The van der Waals surface area contributed by atoms with Crippen molar-refractivity contribution in [2.75, 3.05) is 6.61 Å². The summed E-state index contributed by atoms with van der Waals surface area (Å²) < 4.78 is 5.01. The lowest BCUT2D eigenvalue weighted by Gasteiger charge is -2.25. The van der Waals surface area contributed by atoms with E-state index >= 15 is 0 Å². The molecule has 0 spiro atoms. The van der Waals surface area contributed by atoms with Crippen LogP contribution in [-0.4, -0.2) is 18.3 Å². The fourth-order valence-corrected chi connectivity index (χ4v) is 2.41. The molecule has 0 N–H and O–H groups in total. The van der Waals surface area contributed by atoms with Gasteiger partial charge in [0.2, 0.25) is 0 Å². The van der Waals surface area contributed by atoms with Crippen LogP contribution in [-0.2, 0) is 9.53 Å². The molecule has 0 amide bonds. The van der Waals surface area contributed by atoms with Gasteiger partial charge in [-0.15, -0.1) is 0 Å². The van der Waals surface area contributed by atoms with Crippen LogP contribution in [0.4, 0.5) is 0 Å². The van der Waals surface area contributed by atoms with Crippen molar-refractivity contribution in [3.63, 3.8) is 0 Å². The van der Waals surface area contributed by atoms with Crippen molar-refractivity contribution in [1.29, 1.82) is 0 Å². The number of carbonyl (C=O) groups excluding carboxylic acids is 1. The molecule has 0 unspecified atom stereocenters. The van der Waals surface area contributed by atoms with E-state index in [1.54, 1.807) is 0 Å². The van der Waals surface area contributed by atoms with Gasteiger partial charge in [0.15, 0.2) is 0 Å². The molecule has 0 aliphatic carbocycles. The van der Waals surface area contributed by atoms with Crippen molar-refractivity contribution < 1.29 is 9.53 Å². The van der Waals surface area contributed by atoms with E-state index in [1.807, 2.05) is 20.8 Å². The minimum absolute atomic E-state index is 0.0429. The molecule has 0 saturated heterocycles. The SMILES string of the molecule is CCOC(=O)C1=NC(C)=C(C(C)(C)C)[C@@H]1C. The Hall–Kier alpha value is -1.12. The highest BCUT2D eigenvalue weighted by Crippen LogP contribution is 2.39. The smallest absolute Gasteiger partial charge is 0.353 e. The minimum Gasteiger partial charge on any atom is -0.461 e. The Kier molecular flexibility index (Phi) is 3.56. The molecule has 1 aliphatic rings. The van der Waals surface area contributed by atoms with Crippen LogP contribution >= 0.6 is 0 Å². The largest absolute Gasteiger partial charge is 0.461 e. The number of hydrogen-bond donors (Lipinski definition) is 0. The monoisotopic (exact) mass is 223 g/mol. The zero-order valence-corrected chi connectivity index (χ0v) is 11.0. The Balaban J connectivity index is 2.95. The first-order valence-corrected chi connectivity index (χ1v) is 5.76. The molecule has 0 saturated carbocycles. The maximum Gasteiger partial charge on any atom is 0.353 e. The zero-order valence-electron chi connectivity index (χ0n) is 11.0. The van der Waals surface area contributed by atoms with Gasteiger partial charge in [0.25, 0.3) is 0 Å². The summed E-state index contributed by atoms with van der Waals surface area (Å²) in [5, 5.41) is 0. The summed E-state index contributed by atoms with van der Waals surface area (Å²) in [6.45, 7) is 12.6. The van der Waals surface area contributed by atoms with Crippen LogP contribution in [0.25, 0.3) is 0 Å². The van der Waals surface area contributed by atoms with E-state index in [-0.39, 0.29) is 17.3 Å². The summed E-state index contributed by atoms with van der Waals surface area (Å²) in [6, 6.07) is 0. The first kappa shape index (κ1) is 12.9. The third-order valence-electron chi connectivity index (χ3n) is 2.81. The second kappa shape index (κ2) is 4.40. The van der Waals surface area contributed by atoms with E-state index in [1.165, 1.54) is 5.57 Å². The van der Waals surface area contributed by atoms with Gasteiger partial charge in [-0.25, -0.2) is 9.79 Å². The van der Waals surface area contributed by atoms with Crippen molar-refractivity contribution in [1.82, 2.24) is 0 Å². The highest BCUT2D eigenvalue weighted by molar-refractivity contribution is 6.38. The van der Waals surface area contributed by atoms with Gasteiger partial charge in [0, 0.05) is 11.6 Å².